The lowest BCUT2D eigenvalue weighted by Gasteiger charge is -2.45. The maximum absolute atomic E-state index is 14.0. The molecule has 3 heterocycles. The molecule has 1 saturated heterocycles. The maximum Gasteiger partial charge on any atom is 0.416 e. The molecule has 0 radical (unpaired) electrons. The summed E-state index contributed by atoms with van der Waals surface area (Å²) in [6.45, 7) is 3.96. The average Bonchev–Trinajstić information content (AvgIpc) is 3.41. The SMILES string of the molecule is Cn1cccc1C1C(CN2CCN(c3cccc(C(F)(F)F)c3)CC2)c2ccccc2C(=O)N1Cc1ccccc1. The van der Waals surface area contributed by atoms with Gasteiger partial charge in [0.2, 0.25) is 0 Å². The lowest BCUT2D eigenvalue weighted by Crippen LogP contribution is -2.51. The molecule has 3 aromatic carbocycles. The molecule has 2 unspecified atom stereocenters. The molecule has 1 amide bonds. The van der Waals surface area contributed by atoms with Crippen LogP contribution in [0, 0.1) is 0 Å². The van der Waals surface area contributed by atoms with Crippen LogP contribution in [0.25, 0.3) is 0 Å². The number of piperazine rings is 1. The third kappa shape index (κ3) is 5.48. The molecule has 2 atom stereocenters. The summed E-state index contributed by atoms with van der Waals surface area (Å²) in [5.74, 6) is 0.0580. The van der Waals surface area contributed by atoms with E-state index in [1.807, 2.05) is 65.5 Å². The van der Waals surface area contributed by atoms with Gasteiger partial charge in [-0.2, -0.15) is 13.2 Å². The zero-order valence-corrected chi connectivity index (χ0v) is 23.0. The monoisotopic (exact) mass is 558 g/mol. The van der Waals surface area contributed by atoms with Crippen LogP contribution in [0.2, 0.25) is 0 Å². The Kier molecular flexibility index (Phi) is 7.34. The van der Waals surface area contributed by atoms with E-state index in [0.717, 1.165) is 48.1 Å². The van der Waals surface area contributed by atoms with Gasteiger partial charge >= 0.3 is 6.18 Å². The summed E-state index contributed by atoms with van der Waals surface area (Å²) in [4.78, 5) is 20.4. The smallest absolute Gasteiger partial charge is 0.369 e. The number of aromatic nitrogens is 1. The van der Waals surface area contributed by atoms with Crippen molar-refractivity contribution in [3.05, 3.63) is 125 Å². The van der Waals surface area contributed by atoms with Gasteiger partial charge in [-0.3, -0.25) is 9.69 Å². The fourth-order valence-electron chi connectivity index (χ4n) is 6.33. The zero-order valence-electron chi connectivity index (χ0n) is 23.0. The summed E-state index contributed by atoms with van der Waals surface area (Å²) in [5.41, 5.74) is 3.92. The van der Waals surface area contributed by atoms with Gasteiger partial charge in [0.1, 0.15) is 0 Å². The molecular formula is C33H33F3N4O. The molecule has 1 aromatic heterocycles. The quantitative estimate of drug-likeness (QED) is 0.277. The van der Waals surface area contributed by atoms with Gasteiger partial charge in [-0.1, -0.05) is 54.6 Å². The standard InChI is InChI=1S/C33H33F3N4O/c1-37-16-8-15-30(37)31-29(23-38-17-19-39(20-18-38)26-12-7-11-25(21-26)33(34,35)36)27-13-5-6-14-28(27)32(41)40(31)22-24-9-3-2-4-10-24/h2-16,21,29,31H,17-20,22-23H2,1H3. The zero-order chi connectivity index (χ0) is 28.6. The summed E-state index contributed by atoms with van der Waals surface area (Å²) < 4.78 is 42.0. The van der Waals surface area contributed by atoms with Crippen molar-refractivity contribution < 1.29 is 18.0 Å². The van der Waals surface area contributed by atoms with Crippen molar-refractivity contribution in [1.29, 1.82) is 0 Å². The van der Waals surface area contributed by atoms with Gasteiger partial charge in [0.05, 0.1) is 11.6 Å². The van der Waals surface area contributed by atoms with E-state index >= 15 is 0 Å². The molecule has 4 aromatic rings. The second-order valence-corrected chi connectivity index (χ2v) is 10.9. The minimum atomic E-state index is -4.36. The van der Waals surface area contributed by atoms with Crippen molar-refractivity contribution in [3.63, 3.8) is 0 Å². The minimum absolute atomic E-state index is 0.0290. The van der Waals surface area contributed by atoms with E-state index in [0.29, 0.717) is 25.3 Å². The van der Waals surface area contributed by atoms with Gasteiger partial charge in [0.15, 0.2) is 0 Å². The highest BCUT2D eigenvalue weighted by Gasteiger charge is 2.42. The normalized spacial score (nSPS) is 19.9. The van der Waals surface area contributed by atoms with Crippen LogP contribution in [-0.2, 0) is 19.8 Å². The maximum atomic E-state index is 14.0. The summed E-state index contributed by atoms with van der Waals surface area (Å²) in [7, 11) is 2.02. The number of hydrogen-bond donors (Lipinski definition) is 0. The van der Waals surface area contributed by atoms with Crippen LogP contribution in [-0.4, -0.2) is 53.0 Å². The van der Waals surface area contributed by atoms with E-state index in [2.05, 4.69) is 33.7 Å². The van der Waals surface area contributed by atoms with E-state index in [4.69, 9.17) is 0 Å². The predicted octanol–water partition coefficient (Wildman–Crippen LogP) is 6.35. The number of alkyl halides is 3. The van der Waals surface area contributed by atoms with Crippen molar-refractivity contribution >= 4 is 11.6 Å². The van der Waals surface area contributed by atoms with E-state index in [9.17, 15) is 18.0 Å². The summed E-state index contributed by atoms with van der Waals surface area (Å²) in [6.07, 6.45) is -2.34. The van der Waals surface area contributed by atoms with Crippen LogP contribution in [0.1, 0.15) is 44.7 Å². The number of halogens is 3. The number of benzene rings is 3. The number of nitrogens with zero attached hydrogens (tertiary/aromatic N) is 4. The van der Waals surface area contributed by atoms with Gasteiger partial charge in [-0.15, -0.1) is 0 Å². The second kappa shape index (κ2) is 11.1. The van der Waals surface area contributed by atoms with Crippen LogP contribution in [0.3, 0.4) is 0 Å². The number of aryl methyl sites for hydroxylation is 1. The molecule has 2 aliphatic heterocycles. The van der Waals surface area contributed by atoms with Crippen LogP contribution >= 0.6 is 0 Å². The molecule has 41 heavy (non-hydrogen) atoms. The lowest BCUT2D eigenvalue weighted by atomic mass is 9.80. The molecule has 0 saturated carbocycles. The molecule has 6 rings (SSSR count). The van der Waals surface area contributed by atoms with Crippen LogP contribution < -0.4 is 4.90 Å². The Morgan fingerprint density at radius 3 is 2.27 bits per heavy atom. The van der Waals surface area contributed by atoms with Gasteiger partial charge < -0.3 is 14.4 Å². The van der Waals surface area contributed by atoms with Gasteiger partial charge in [-0.05, 0) is 47.5 Å². The Bertz CT molecular complexity index is 1510. The molecule has 5 nitrogen and oxygen atoms in total. The Balaban J connectivity index is 1.29. The van der Waals surface area contributed by atoms with Gasteiger partial charge in [0.25, 0.3) is 5.91 Å². The Morgan fingerprint density at radius 2 is 1.56 bits per heavy atom. The number of carbonyl (C=O) groups is 1. The summed E-state index contributed by atoms with van der Waals surface area (Å²) in [5, 5.41) is 0. The topological polar surface area (TPSA) is 31.7 Å². The molecular weight excluding hydrogens is 525 g/mol. The summed E-state index contributed by atoms with van der Waals surface area (Å²) in [6, 6.07) is 27.5. The highest BCUT2D eigenvalue weighted by Crippen LogP contribution is 2.44. The van der Waals surface area contributed by atoms with E-state index in [-0.39, 0.29) is 17.9 Å². The Morgan fingerprint density at radius 1 is 0.829 bits per heavy atom. The average molecular weight is 559 g/mol. The number of fused-ring (bicyclic) bond motifs is 1. The number of hydrogen-bond acceptors (Lipinski definition) is 3. The van der Waals surface area contributed by atoms with E-state index < -0.39 is 11.7 Å². The third-order valence-electron chi connectivity index (χ3n) is 8.42. The number of rotatable bonds is 6. The molecule has 0 bridgehead atoms. The number of anilines is 1. The fraction of sp³-hybridized carbons (Fsp3) is 0.303. The van der Waals surface area contributed by atoms with Gasteiger partial charge in [-0.25, -0.2) is 0 Å². The Hall–Kier alpha value is -4.04. The third-order valence-corrected chi connectivity index (χ3v) is 8.42. The van der Waals surface area contributed by atoms with E-state index in [1.165, 1.54) is 12.1 Å². The van der Waals surface area contributed by atoms with Crippen molar-refractivity contribution in [1.82, 2.24) is 14.4 Å². The second-order valence-electron chi connectivity index (χ2n) is 10.9. The van der Waals surface area contributed by atoms with Crippen LogP contribution in [0.4, 0.5) is 18.9 Å². The summed E-state index contributed by atoms with van der Waals surface area (Å²) >= 11 is 0. The van der Waals surface area contributed by atoms with E-state index in [1.54, 1.807) is 6.07 Å². The van der Waals surface area contributed by atoms with Crippen molar-refractivity contribution in [3.8, 4) is 0 Å². The first-order valence-corrected chi connectivity index (χ1v) is 14.0. The van der Waals surface area contributed by atoms with Crippen molar-refractivity contribution in [2.75, 3.05) is 37.6 Å². The largest absolute Gasteiger partial charge is 0.416 e. The molecule has 2 aliphatic rings. The molecule has 212 valence electrons. The van der Waals surface area contributed by atoms with Crippen LogP contribution in [0.5, 0.6) is 0 Å². The van der Waals surface area contributed by atoms with Crippen LogP contribution in [0.15, 0.2) is 97.2 Å². The highest BCUT2D eigenvalue weighted by atomic mass is 19.4. The molecule has 0 spiro atoms. The molecule has 0 N–H and O–H groups in total. The first-order chi connectivity index (χ1) is 19.8. The predicted molar refractivity (Wildman–Crippen MR) is 154 cm³/mol. The van der Waals surface area contributed by atoms with Crippen molar-refractivity contribution in [2.45, 2.75) is 24.7 Å². The minimum Gasteiger partial charge on any atom is -0.369 e. The lowest BCUT2D eigenvalue weighted by molar-refractivity contribution is -0.137. The molecule has 1 fully saturated rings. The number of amides is 1. The Labute approximate surface area is 238 Å². The van der Waals surface area contributed by atoms with Crippen molar-refractivity contribution in [2.24, 2.45) is 7.05 Å². The molecule has 0 aliphatic carbocycles. The first-order valence-electron chi connectivity index (χ1n) is 14.0. The van der Waals surface area contributed by atoms with Gasteiger partial charge in [0, 0.05) is 75.4 Å². The fourth-order valence-corrected chi connectivity index (χ4v) is 6.33. The highest BCUT2D eigenvalue weighted by molar-refractivity contribution is 5.97. The molecule has 8 heteroatoms. The first kappa shape index (κ1) is 27.1. The number of carbonyl (C=O) groups excluding carboxylic acids is 1.